The van der Waals surface area contributed by atoms with Crippen molar-refractivity contribution in [2.45, 2.75) is 42.9 Å². The van der Waals surface area contributed by atoms with Crippen LogP contribution in [0.5, 0.6) is 0 Å². The molecule has 2 unspecified atom stereocenters. The van der Waals surface area contributed by atoms with Gasteiger partial charge in [0.05, 0.1) is 11.3 Å². The van der Waals surface area contributed by atoms with E-state index >= 15 is 0 Å². The molecule has 1 spiro atoms. The summed E-state index contributed by atoms with van der Waals surface area (Å²) in [6, 6.07) is -0.453. The quantitative estimate of drug-likeness (QED) is 0.690. The van der Waals surface area contributed by atoms with Crippen LogP contribution in [0.1, 0.15) is 32.6 Å². The van der Waals surface area contributed by atoms with Gasteiger partial charge in [0, 0.05) is 6.54 Å². The Morgan fingerprint density at radius 2 is 2.10 bits per heavy atom. The maximum Gasteiger partial charge on any atom is 0.322 e. The summed E-state index contributed by atoms with van der Waals surface area (Å²) in [7, 11) is 0. The number of hydrogen-bond donors (Lipinski definition) is 2. The second-order valence-corrected chi connectivity index (χ2v) is 7.60. The van der Waals surface area contributed by atoms with Crippen LogP contribution < -0.4 is 10.6 Å². The Morgan fingerprint density at radius 1 is 1.30 bits per heavy atom. The van der Waals surface area contributed by atoms with Crippen LogP contribution in [0.3, 0.4) is 0 Å². The van der Waals surface area contributed by atoms with Crippen LogP contribution in [0.2, 0.25) is 0 Å². The molecule has 0 aliphatic carbocycles. The molecule has 7 heteroatoms. The van der Waals surface area contributed by atoms with Crippen molar-refractivity contribution in [1.29, 1.82) is 0 Å². The van der Waals surface area contributed by atoms with Crippen molar-refractivity contribution in [1.82, 2.24) is 15.5 Å². The molecule has 0 aromatic carbocycles. The van der Waals surface area contributed by atoms with Crippen molar-refractivity contribution in [3.8, 4) is 0 Å². The van der Waals surface area contributed by atoms with E-state index in [9.17, 15) is 14.4 Å². The number of nitrogens with zero attached hydrogens (tertiary/aromatic N) is 1. The molecule has 3 saturated heterocycles. The Labute approximate surface area is 122 Å². The van der Waals surface area contributed by atoms with Gasteiger partial charge in [0.1, 0.15) is 5.54 Å². The van der Waals surface area contributed by atoms with Gasteiger partial charge in [-0.1, -0.05) is 0 Å². The first kappa shape index (κ1) is 13.7. The number of piperidine rings is 1. The van der Waals surface area contributed by atoms with Crippen molar-refractivity contribution < 1.29 is 14.4 Å². The fraction of sp³-hybridized carbons (Fsp3) is 0.769. The Balaban J connectivity index is 1.77. The van der Waals surface area contributed by atoms with Crippen molar-refractivity contribution in [3.05, 3.63) is 0 Å². The standard InChI is InChI=1S/C13H19N3O3S/c1-12(4-3-7-20-12)10(18)16-6-2-5-13(8-16)9(17)14-11(19)15-13/h2-8H2,1H3,(H2,14,15,17,19). The van der Waals surface area contributed by atoms with E-state index in [2.05, 4.69) is 10.6 Å². The molecule has 3 heterocycles. The first-order valence-corrected chi connectivity index (χ1v) is 8.01. The minimum Gasteiger partial charge on any atom is -0.339 e. The third-order valence-electron chi connectivity index (χ3n) is 4.47. The van der Waals surface area contributed by atoms with Crippen molar-refractivity contribution in [2.75, 3.05) is 18.8 Å². The number of thioether (sulfide) groups is 1. The van der Waals surface area contributed by atoms with E-state index in [1.165, 1.54) is 0 Å². The zero-order valence-electron chi connectivity index (χ0n) is 11.5. The van der Waals surface area contributed by atoms with Crippen LogP contribution in [0, 0.1) is 0 Å². The monoisotopic (exact) mass is 297 g/mol. The molecule has 2 atom stereocenters. The zero-order valence-corrected chi connectivity index (χ0v) is 12.3. The lowest BCUT2D eigenvalue weighted by atomic mass is 9.88. The van der Waals surface area contributed by atoms with E-state index in [4.69, 9.17) is 0 Å². The topological polar surface area (TPSA) is 78.5 Å². The molecule has 2 N–H and O–H groups in total. The van der Waals surface area contributed by atoms with Gasteiger partial charge in [0.15, 0.2) is 0 Å². The van der Waals surface area contributed by atoms with Crippen molar-refractivity contribution in [2.24, 2.45) is 0 Å². The maximum atomic E-state index is 12.7. The average Bonchev–Trinajstić information content (AvgIpc) is 2.95. The third kappa shape index (κ3) is 2.08. The fourth-order valence-electron chi connectivity index (χ4n) is 3.33. The van der Waals surface area contributed by atoms with E-state index in [-0.39, 0.29) is 16.6 Å². The van der Waals surface area contributed by atoms with Gasteiger partial charge in [0.2, 0.25) is 5.91 Å². The molecule has 3 fully saturated rings. The zero-order chi connectivity index (χ0) is 14.4. The molecule has 3 rings (SSSR count). The van der Waals surface area contributed by atoms with Crippen LogP contribution in [-0.2, 0) is 9.59 Å². The predicted octanol–water partition coefficient (Wildman–Crippen LogP) is 0.473. The highest BCUT2D eigenvalue weighted by molar-refractivity contribution is 8.01. The molecule has 0 aromatic rings. The van der Waals surface area contributed by atoms with Crippen LogP contribution in [0.25, 0.3) is 0 Å². The highest BCUT2D eigenvalue weighted by Gasteiger charge is 2.51. The Kier molecular flexibility index (Phi) is 3.19. The number of carbonyl (C=O) groups excluding carboxylic acids is 3. The number of nitrogens with one attached hydrogen (secondary N) is 2. The lowest BCUT2D eigenvalue weighted by molar-refractivity contribution is -0.138. The van der Waals surface area contributed by atoms with E-state index < -0.39 is 11.6 Å². The van der Waals surface area contributed by atoms with Gasteiger partial charge in [0.25, 0.3) is 5.91 Å². The summed E-state index contributed by atoms with van der Waals surface area (Å²) in [5, 5.41) is 4.99. The van der Waals surface area contributed by atoms with Gasteiger partial charge in [-0.2, -0.15) is 0 Å². The first-order valence-electron chi connectivity index (χ1n) is 7.02. The minimum atomic E-state index is -0.912. The van der Waals surface area contributed by atoms with Crippen LogP contribution in [-0.4, -0.2) is 51.9 Å². The summed E-state index contributed by atoms with van der Waals surface area (Å²) in [5.74, 6) is 0.815. The molecule has 3 aliphatic rings. The SMILES string of the molecule is CC1(C(=O)N2CCCC3(C2)NC(=O)NC3=O)CCCS1. The molecular formula is C13H19N3O3S. The normalized spacial score (nSPS) is 37.1. The van der Waals surface area contributed by atoms with Crippen LogP contribution >= 0.6 is 11.8 Å². The number of urea groups is 1. The van der Waals surface area contributed by atoms with Gasteiger partial charge in [-0.25, -0.2) is 4.79 Å². The van der Waals surface area contributed by atoms with E-state index in [0.717, 1.165) is 25.0 Å². The predicted molar refractivity (Wildman–Crippen MR) is 75.3 cm³/mol. The lowest BCUT2D eigenvalue weighted by Crippen LogP contribution is -2.61. The van der Waals surface area contributed by atoms with Gasteiger partial charge >= 0.3 is 6.03 Å². The summed E-state index contributed by atoms with van der Waals surface area (Å²) in [6.45, 7) is 2.95. The fourth-order valence-corrected chi connectivity index (χ4v) is 4.61. The second-order valence-electron chi connectivity index (χ2n) is 6.00. The minimum absolute atomic E-state index is 0.105. The van der Waals surface area contributed by atoms with Gasteiger partial charge in [-0.05, 0) is 38.4 Å². The number of hydrogen-bond acceptors (Lipinski definition) is 4. The summed E-state index contributed by atoms with van der Waals surface area (Å²) in [5.41, 5.74) is -0.912. The summed E-state index contributed by atoms with van der Waals surface area (Å²) in [6.07, 6.45) is 3.28. The van der Waals surface area contributed by atoms with E-state index in [1.807, 2.05) is 6.92 Å². The molecule has 0 bridgehead atoms. The van der Waals surface area contributed by atoms with Crippen LogP contribution in [0.15, 0.2) is 0 Å². The van der Waals surface area contributed by atoms with Crippen molar-refractivity contribution in [3.63, 3.8) is 0 Å². The summed E-state index contributed by atoms with van der Waals surface area (Å²) >= 11 is 1.70. The van der Waals surface area contributed by atoms with E-state index in [1.54, 1.807) is 16.7 Å². The Bertz CT molecular complexity index is 475. The largest absolute Gasteiger partial charge is 0.339 e. The van der Waals surface area contributed by atoms with Gasteiger partial charge in [-0.3, -0.25) is 14.9 Å². The van der Waals surface area contributed by atoms with Gasteiger partial charge < -0.3 is 10.2 Å². The molecule has 110 valence electrons. The molecule has 0 saturated carbocycles. The van der Waals surface area contributed by atoms with Crippen LogP contribution in [0.4, 0.5) is 4.79 Å². The maximum absolute atomic E-state index is 12.7. The Morgan fingerprint density at radius 3 is 2.70 bits per heavy atom. The number of amides is 4. The Hall–Kier alpha value is -1.24. The molecule has 4 amide bonds. The highest BCUT2D eigenvalue weighted by Crippen LogP contribution is 2.40. The smallest absolute Gasteiger partial charge is 0.322 e. The number of likely N-dealkylation sites (tertiary alicyclic amines) is 1. The number of imide groups is 1. The first-order chi connectivity index (χ1) is 9.45. The van der Waals surface area contributed by atoms with E-state index in [0.29, 0.717) is 19.5 Å². The average molecular weight is 297 g/mol. The molecule has 20 heavy (non-hydrogen) atoms. The lowest BCUT2D eigenvalue weighted by Gasteiger charge is -2.40. The van der Waals surface area contributed by atoms with Gasteiger partial charge in [-0.15, -0.1) is 11.8 Å². The molecule has 3 aliphatic heterocycles. The summed E-state index contributed by atoms with van der Waals surface area (Å²) in [4.78, 5) is 37.8. The second kappa shape index (κ2) is 4.65. The molecule has 0 aromatic heterocycles. The summed E-state index contributed by atoms with van der Waals surface area (Å²) < 4.78 is -0.363. The molecule has 6 nitrogen and oxygen atoms in total. The highest BCUT2D eigenvalue weighted by atomic mass is 32.2. The molecular weight excluding hydrogens is 278 g/mol. The number of rotatable bonds is 1. The number of carbonyl (C=O) groups is 3. The molecule has 0 radical (unpaired) electrons. The third-order valence-corrected chi connectivity index (χ3v) is 5.97. The van der Waals surface area contributed by atoms with Crippen molar-refractivity contribution >= 4 is 29.6 Å².